The highest BCUT2D eigenvalue weighted by molar-refractivity contribution is 5.92. The maximum Gasteiger partial charge on any atom is 0.289 e. The summed E-state index contributed by atoms with van der Waals surface area (Å²) in [5.74, 6) is 1.10. The summed E-state index contributed by atoms with van der Waals surface area (Å²) < 4.78 is 5.26. The Kier molecular flexibility index (Phi) is 2.54. The number of rotatable bonds is 2. The molecule has 2 rings (SSSR count). The molecule has 1 N–H and O–H groups in total. The molecule has 0 spiro atoms. The number of β-amino-alcohol motifs (C(OH)–C–C–N with tert-alkyl or cyclic N) is 1. The minimum absolute atomic E-state index is 0.140. The molecule has 1 aromatic rings. The lowest BCUT2D eigenvalue weighted by atomic mass is 9.83. The van der Waals surface area contributed by atoms with Crippen molar-refractivity contribution in [2.24, 2.45) is 5.92 Å². The Bertz CT molecular complexity index is 402. The average molecular weight is 223 g/mol. The number of likely N-dealkylation sites (tertiary alicyclic amines) is 1. The molecule has 1 aromatic heterocycles. The molecule has 0 radical (unpaired) electrons. The van der Waals surface area contributed by atoms with Crippen LogP contribution >= 0.6 is 0 Å². The summed E-state index contributed by atoms with van der Waals surface area (Å²) in [6.45, 7) is 6.50. The lowest BCUT2D eigenvalue weighted by Gasteiger charge is -2.48. The van der Waals surface area contributed by atoms with Crippen LogP contribution in [0, 0.1) is 12.8 Å². The van der Waals surface area contributed by atoms with Crippen molar-refractivity contribution >= 4 is 5.91 Å². The predicted octanol–water partition coefficient (Wildman–Crippen LogP) is 1.43. The Hall–Kier alpha value is -1.29. The van der Waals surface area contributed by atoms with Crippen molar-refractivity contribution in [3.05, 3.63) is 23.7 Å². The van der Waals surface area contributed by atoms with Gasteiger partial charge in [0.1, 0.15) is 11.4 Å². The van der Waals surface area contributed by atoms with E-state index >= 15 is 0 Å². The van der Waals surface area contributed by atoms with Crippen molar-refractivity contribution in [3.63, 3.8) is 0 Å². The quantitative estimate of drug-likeness (QED) is 0.825. The lowest BCUT2D eigenvalue weighted by molar-refractivity contribution is -0.111. The van der Waals surface area contributed by atoms with Crippen LogP contribution in [0.25, 0.3) is 0 Å². The van der Waals surface area contributed by atoms with Crippen molar-refractivity contribution in [2.75, 3.05) is 13.1 Å². The molecule has 1 aliphatic rings. The topological polar surface area (TPSA) is 53.7 Å². The van der Waals surface area contributed by atoms with Gasteiger partial charge < -0.3 is 14.4 Å². The fourth-order valence-corrected chi connectivity index (χ4v) is 1.83. The molecule has 0 aliphatic carbocycles. The number of aryl methyl sites for hydroxylation is 1. The normalized spacial score (nSPS) is 18.7. The van der Waals surface area contributed by atoms with E-state index in [4.69, 9.17) is 4.42 Å². The molecule has 0 unspecified atom stereocenters. The number of carbonyl (C=O) groups excluding carboxylic acids is 1. The van der Waals surface area contributed by atoms with Crippen LogP contribution in [0.3, 0.4) is 0 Å². The maximum atomic E-state index is 11.9. The number of furan rings is 1. The first-order valence-electron chi connectivity index (χ1n) is 5.50. The molecule has 4 nitrogen and oxygen atoms in total. The third kappa shape index (κ3) is 1.73. The van der Waals surface area contributed by atoms with E-state index in [1.165, 1.54) is 0 Å². The van der Waals surface area contributed by atoms with E-state index < -0.39 is 5.60 Å². The van der Waals surface area contributed by atoms with Crippen molar-refractivity contribution < 1.29 is 14.3 Å². The van der Waals surface area contributed by atoms with Gasteiger partial charge in [-0.2, -0.15) is 0 Å². The first-order valence-corrected chi connectivity index (χ1v) is 5.50. The molecule has 0 bridgehead atoms. The molecular formula is C12H17NO3. The fraction of sp³-hybridized carbons (Fsp3) is 0.583. The predicted molar refractivity (Wildman–Crippen MR) is 59.1 cm³/mol. The SMILES string of the molecule is Cc1ccc(C(=O)N2CC(O)(C(C)C)C2)o1. The molecule has 4 heteroatoms. The third-order valence-electron chi connectivity index (χ3n) is 3.24. The summed E-state index contributed by atoms with van der Waals surface area (Å²) in [5, 5.41) is 10.0. The molecule has 0 aromatic carbocycles. The first-order chi connectivity index (χ1) is 7.42. The van der Waals surface area contributed by atoms with Gasteiger partial charge in [0.05, 0.1) is 13.1 Å². The van der Waals surface area contributed by atoms with Crippen LogP contribution in [0.5, 0.6) is 0 Å². The van der Waals surface area contributed by atoms with Gasteiger partial charge in [0.25, 0.3) is 5.91 Å². The first kappa shape index (κ1) is 11.2. The molecule has 0 atom stereocenters. The molecule has 1 saturated heterocycles. The fourth-order valence-electron chi connectivity index (χ4n) is 1.83. The molecule has 2 heterocycles. The second-order valence-corrected chi connectivity index (χ2v) is 4.83. The second kappa shape index (κ2) is 3.63. The van der Waals surface area contributed by atoms with Crippen LogP contribution in [-0.4, -0.2) is 34.6 Å². The number of hydrogen-bond donors (Lipinski definition) is 1. The maximum absolute atomic E-state index is 11.9. The Morgan fingerprint density at radius 2 is 2.12 bits per heavy atom. The lowest BCUT2D eigenvalue weighted by Crippen LogP contribution is -2.65. The zero-order chi connectivity index (χ0) is 11.9. The van der Waals surface area contributed by atoms with Crippen molar-refractivity contribution in [2.45, 2.75) is 26.4 Å². The van der Waals surface area contributed by atoms with Crippen LogP contribution in [-0.2, 0) is 0 Å². The van der Waals surface area contributed by atoms with E-state index in [1.807, 2.05) is 13.8 Å². The summed E-state index contributed by atoms with van der Waals surface area (Å²) in [4.78, 5) is 13.5. The zero-order valence-electron chi connectivity index (χ0n) is 9.86. The summed E-state index contributed by atoms with van der Waals surface area (Å²) >= 11 is 0. The standard InChI is InChI=1S/C12H17NO3/c1-8(2)12(15)6-13(7-12)11(14)10-5-4-9(3)16-10/h4-5,8,15H,6-7H2,1-3H3. The Morgan fingerprint density at radius 3 is 2.56 bits per heavy atom. The molecule has 88 valence electrons. The van der Waals surface area contributed by atoms with E-state index in [0.717, 1.165) is 5.76 Å². The summed E-state index contributed by atoms with van der Waals surface area (Å²) in [6, 6.07) is 3.44. The van der Waals surface area contributed by atoms with E-state index in [-0.39, 0.29) is 11.8 Å². The molecular weight excluding hydrogens is 206 g/mol. The van der Waals surface area contributed by atoms with Gasteiger partial charge in [-0.1, -0.05) is 13.8 Å². The number of hydrogen-bond acceptors (Lipinski definition) is 3. The van der Waals surface area contributed by atoms with Gasteiger partial charge in [-0.15, -0.1) is 0 Å². The smallest absolute Gasteiger partial charge is 0.289 e. The molecule has 0 saturated carbocycles. The molecule has 1 aliphatic heterocycles. The van der Waals surface area contributed by atoms with Gasteiger partial charge in [0.15, 0.2) is 5.76 Å². The highest BCUT2D eigenvalue weighted by Crippen LogP contribution is 2.29. The highest BCUT2D eigenvalue weighted by Gasteiger charge is 2.46. The van der Waals surface area contributed by atoms with E-state index in [2.05, 4.69) is 0 Å². The zero-order valence-corrected chi connectivity index (χ0v) is 9.86. The average Bonchev–Trinajstić information content (AvgIpc) is 2.58. The minimum atomic E-state index is -0.725. The van der Waals surface area contributed by atoms with Gasteiger partial charge in [-0.3, -0.25) is 4.79 Å². The number of nitrogens with zero attached hydrogens (tertiary/aromatic N) is 1. The molecule has 1 fully saturated rings. The highest BCUT2D eigenvalue weighted by atomic mass is 16.4. The summed E-state index contributed by atoms with van der Waals surface area (Å²) in [6.07, 6.45) is 0. The van der Waals surface area contributed by atoms with Crippen LogP contribution in [0.15, 0.2) is 16.5 Å². The summed E-state index contributed by atoms with van der Waals surface area (Å²) in [5.41, 5.74) is -0.725. The minimum Gasteiger partial charge on any atom is -0.456 e. The second-order valence-electron chi connectivity index (χ2n) is 4.83. The van der Waals surface area contributed by atoms with Crippen LogP contribution in [0.4, 0.5) is 0 Å². The van der Waals surface area contributed by atoms with E-state index in [1.54, 1.807) is 24.0 Å². The monoisotopic (exact) mass is 223 g/mol. The van der Waals surface area contributed by atoms with Crippen molar-refractivity contribution in [1.82, 2.24) is 4.90 Å². The number of aliphatic hydroxyl groups is 1. The van der Waals surface area contributed by atoms with Gasteiger partial charge >= 0.3 is 0 Å². The van der Waals surface area contributed by atoms with E-state index in [9.17, 15) is 9.90 Å². The molecule has 1 amide bonds. The van der Waals surface area contributed by atoms with Gasteiger partial charge in [0.2, 0.25) is 0 Å². The van der Waals surface area contributed by atoms with Crippen LogP contribution in [0.2, 0.25) is 0 Å². The van der Waals surface area contributed by atoms with Gasteiger partial charge in [-0.25, -0.2) is 0 Å². The van der Waals surface area contributed by atoms with Crippen molar-refractivity contribution in [3.8, 4) is 0 Å². The van der Waals surface area contributed by atoms with Gasteiger partial charge in [-0.05, 0) is 25.0 Å². The Morgan fingerprint density at radius 1 is 1.50 bits per heavy atom. The third-order valence-corrected chi connectivity index (χ3v) is 3.24. The largest absolute Gasteiger partial charge is 0.456 e. The van der Waals surface area contributed by atoms with E-state index in [0.29, 0.717) is 18.8 Å². The molecule has 16 heavy (non-hydrogen) atoms. The number of carbonyl (C=O) groups is 1. The Balaban J connectivity index is 2.00. The van der Waals surface area contributed by atoms with Crippen LogP contribution < -0.4 is 0 Å². The van der Waals surface area contributed by atoms with Crippen molar-refractivity contribution in [1.29, 1.82) is 0 Å². The van der Waals surface area contributed by atoms with Gasteiger partial charge in [0, 0.05) is 0 Å². The number of amides is 1. The summed E-state index contributed by atoms with van der Waals surface area (Å²) in [7, 11) is 0. The van der Waals surface area contributed by atoms with Crippen LogP contribution in [0.1, 0.15) is 30.2 Å². The Labute approximate surface area is 94.9 Å².